The predicted molar refractivity (Wildman–Crippen MR) is 42.2 cm³/mol. The fraction of sp³-hybridized carbons (Fsp3) is 0.667. The molecule has 0 aliphatic heterocycles. The molecule has 0 bridgehead atoms. The second-order valence-corrected chi connectivity index (χ2v) is 3.43. The molecule has 0 fully saturated rings. The minimum absolute atomic E-state index is 0.400. The van der Waals surface area contributed by atoms with Crippen LogP contribution in [0.1, 0.15) is 23.0 Å². The van der Waals surface area contributed by atoms with Gasteiger partial charge in [0, 0.05) is 0 Å². The topological polar surface area (TPSA) is 51.8 Å². The van der Waals surface area contributed by atoms with Gasteiger partial charge in [-0.1, -0.05) is 4.49 Å². The first-order valence-corrected chi connectivity index (χ1v) is 4.28. The third-order valence-electron chi connectivity index (χ3n) is 1.47. The second-order valence-electron chi connectivity index (χ2n) is 2.65. The lowest BCUT2D eigenvalue weighted by molar-refractivity contribution is -0.138. The Morgan fingerprint density at radius 3 is 2.54 bits per heavy atom. The zero-order valence-corrected chi connectivity index (χ0v) is 7.61. The molecule has 1 aromatic heterocycles. The highest BCUT2D eigenvalue weighted by Gasteiger charge is 2.32. The van der Waals surface area contributed by atoms with Gasteiger partial charge in [0.1, 0.15) is 0 Å². The standard InChI is InChI=1S/C6H8F3N3S/c1-3-5(13-12-11-3)4(10)2-6(7,8)9/h4H,2,10H2,1H3/t4-/m0/s1. The van der Waals surface area contributed by atoms with Gasteiger partial charge in [-0.05, 0) is 18.5 Å². The number of alkyl halides is 3. The van der Waals surface area contributed by atoms with Crippen molar-refractivity contribution in [3.63, 3.8) is 0 Å². The van der Waals surface area contributed by atoms with Crippen molar-refractivity contribution in [3.8, 4) is 0 Å². The van der Waals surface area contributed by atoms with Crippen LogP contribution in [0.15, 0.2) is 0 Å². The van der Waals surface area contributed by atoms with Gasteiger partial charge in [0.25, 0.3) is 0 Å². The highest BCUT2D eigenvalue weighted by molar-refractivity contribution is 7.05. The third-order valence-corrected chi connectivity index (χ3v) is 2.43. The lowest BCUT2D eigenvalue weighted by Crippen LogP contribution is -2.19. The van der Waals surface area contributed by atoms with E-state index in [9.17, 15) is 13.2 Å². The predicted octanol–water partition coefficient (Wildman–Crippen LogP) is 1.80. The number of hydrogen-bond acceptors (Lipinski definition) is 4. The van der Waals surface area contributed by atoms with Crippen LogP contribution in [-0.2, 0) is 0 Å². The molecule has 7 heteroatoms. The lowest BCUT2D eigenvalue weighted by atomic mass is 10.1. The summed E-state index contributed by atoms with van der Waals surface area (Å²) in [6.45, 7) is 1.59. The summed E-state index contributed by atoms with van der Waals surface area (Å²) in [6.07, 6.45) is -5.27. The first kappa shape index (κ1) is 10.4. The molecule has 0 aliphatic carbocycles. The zero-order valence-electron chi connectivity index (χ0n) is 6.80. The van der Waals surface area contributed by atoms with E-state index in [-0.39, 0.29) is 0 Å². The first-order valence-electron chi connectivity index (χ1n) is 3.51. The Labute approximate surface area is 76.9 Å². The first-order chi connectivity index (χ1) is 5.90. The quantitative estimate of drug-likeness (QED) is 0.811. The summed E-state index contributed by atoms with van der Waals surface area (Å²) in [6, 6.07) is -1.04. The Hall–Kier alpha value is -0.690. The minimum Gasteiger partial charge on any atom is -0.323 e. The summed E-state index contributed by atoms with van der Waals surface area (Å²) in [5, 5.41) is 3.59. The number of aryl methyl sites for hydroxylation is 1. The molecule has 0 saturated heterocycles. The molecule has 1 atom stereocenters. The van der Waals surface area contributed by atoms with Crippen molar-refractivity contribution in [2.24, 2.45) is 5.73 Å². The van der Waals surface area contributed by atoms with Gasteiger partial charge in [0.15, 0.2) is 0 Å². The highest BCUT2D eigenvalue weighted by atomic mass is 32.1. The summed E-state index contributed by atoms with van der Waals surface area (Å²) in [4.78, 5) is 0.400. The van der Waals surface area contributed by atoms with Crippen molar-refractivity contribution < 1.29 is 13.2 Å². The van der Waals surface area contributed by atoms with Crippen LogP contribution in [0.3, 0.4) is 0 Å². The molecule has 0 spiro atoms. The van der Waals surface area contributed by atoms with E-state index in [1.807, 2.05) is 0 Å². The van der Waals surface area contributed by atoms with E-state index < -0.39 is 18.6 Å². The lowest BCUT2D eigenvalue weighted by Gasteiger charge is -2.11. The van der Waals surface area contributed by atoms with Crippen LogP contribution in [-0.4, -0.2) is 15.8 Å². The molecule has 0 aromatic carbocycles. The molecule has 0 aliphatic rings. The zero-order chi connectivity index (χ0) is 10.1. The van der Waals surface area contributed by atoms with E-state index in [0.717, 1.165) is 11.5 Å². The van der Waals surface area contributed by atoms with Gasteiger partial charge >= 0.3 is 6.18 Å². The van der Waals surface area contributed by atoms with Crippen molar-refractivity contribution in [1.82, 2.24) is 9.59 Å². The summed E-state index contributed by atoms with van der Waals surface area (Å²) < 4.78 is 39.3. The van der Waals surface area contributed by atoms with Gasteiger partial charge in [-0.2, -0.15) is 13.2 Å². The van der Waals surface area contributed by atoms with Gasteiger partial charge < -0.3 is 5.73 Å². The largest absolute Gasteiger partial charge is 0.390 e. The van der Waals surface area contributed by atoms with Crippen molar-refractivity contribution in [1.29, 1.82) is 0 Å². The van der Waals surface area contributed by atoms with E-state index in [2.05, 4.69) is 9.59 Å². The number of aromatic nitrogens is 2. The molecule has 3 nitrogen and oxygen atoms in total. The average molecular weight is 211 g/mol. The van der Waals surface area contributed by atoms with Gasteiger partial charge in [0.05, 0.1) is 23.0 Å². The molecule has 2 N–H and O–H groups in total. The Morgan fingerprint density at radius 1 is 1.54 bits per heavy atom. The molecule has 1 aromatic rings. The van der Waals surface area contributed by atoms with E-state index in [4.69, 9.17) is 5.73 Å². The minimum atomic E-state index is -4.24. The van der Waals surface area contributed by atoms with Crippen LogP contribution in [0.2, 0.25) is 0 Å². The van der Waals surface area contributed by atoms with Crippen molar-refractivity contribution in [2.75, 3.05) is 0 Å². The van der Waals surface area contributed by atoms with Crippen molar-refractivity contribution in [2.45, 2.75) is 25.6 Å². The molecule has 0 radical (unpaired) electrons. The van der Waals surface area contributed by atoms with Crippen LogP contribution in [0.4, 0.5) is 13.2 Å². The Kier molecular flexibility index (Phi) is 2.87. The normalized spacial score (nSPS) is 14.5. The summed E-state index contributed by atoms with van der Waals surface area (Å²) >= 11 is 0.912. The fourth-order valence-corrected chi connectivity index (χ4v) is 1.56. The Balaban J connectivity index is 2.69. The molecular formula is C6H8F3N3S. The number of nitrogens with zero attached hydrogens (tertiary/aromatic N) is 2. The summed E-state index contributed by atoms with van der Waals surface area (Å²) in [5.74, 6) is 0. The second kappa shape index (κ2) is 3.59. The van der Waals surface area contributed by atoms with Crippen molar-refractivity contribution >= 4 is 11.5 Å². The van der Waals surface area contributed by atoms with Crippen molar-refractivity contribution in [3.05, 3.63) is 10.6 Å². The van der Waals surface area contributed by atoms with Gasteiger partial charge in [-0.15, -0.1) is 5.10 Å². The molecule has 0 amide bonds. The summed E-state index contributed by atoms with van der Waals surface area (Å²) in [7, 11) is 0. The van der Waals surface area contributed by atoms with Crippen LogP contribution >= 0.6 is 11.5 Å². The molecular weight excluding hydrogens is 203 g/mol. The maximum absolute atomic E-state index is 11.9. The molecule has 0 unspecified atom stereocenters. The van der Waals surface area contributed by atoms with Gasteiger partial charge in [0.2, 0.25) is 0 Å². The van der Waals surface area contributed by atoms with Crippen LogP contribution in [0, 0.1) is 6.92 Å². The number of halogens is 3. The molecule has 13 heavy (non-hydrogen) atoms. The maximum atomic E-state index is 11.9. The van der Waals surface area contributed by atoms with E-state index in [1.54, 1.807) is 6.92 Å². The number of hydrogen-bond donors (Lipinski definition) is 1. The Bertz CT molecular complexity index is 283. The van der Waals surface area contributed by atoms with E-state index >= 15 is 0 Å². The molecule has 0 saturated carbocycles. The van der Waals surface area contributed by atoms with Gasteiger partial charge in [-0.25, -0.2) is 0 Å². The molecule has 74 valence electrons. The highest BCUT2D eigenvalue weighted by Crippen LogP contribution is 2.30. The smallest absolute Gasteiger partial charge is 0.323 e. The molecule has 1 rings (SSSR count). The van der Waals surface area contributed by atoms with Gasteiger partial charge in [-0.3, -0.25) is 0 Å². The molecule has 1 heterocycles. The van der Waals surface area contributed by atoms with Crippen LogP contribution < -0.4 is 5.73 Å². The monoisotopic (exact) mass is 211 g/mol. The number of nitrogens with two attached hydrogens (primary N) is 1. The average Bonchev–Trinajstić information content (AvgIpc) is 2.30. The third kappa shape index (κ3) is 2.92. The Morgan fingerprint density at radius 2 is 2.15 bits per heavy atom. The van der Waals surface area contributed by atoms with Crippen LogP contribution in [0.5, 0.6) is 0 Å². The number of rotatable bonds is 2. The van der Waals surface area contributed by atoms with E-state index in [1.165, 1.54) is 0 Å². The van der Waals surface area contributed by atoms with Crippen LogP contribution in [0.25, 0.3) is 0 Å². The fourth-order valence-electron chi connectivity index (χ4n) is 0.919. The summed E-state index contributed by atoms with van der Waals surface area (Å²) in [5.41, 5.74) is 5.81. The maximum Gasteiger partial charge on any atom is 0.390 e. The van der Waals surface area contributed by atoms with E-state index in [0.29, 0.717) is 10.6 Å². The SMILES string of the molecule is Cc1nnsc1[C@@H](N)CC(F)(F)F.